The summed E-state index contributed by atoms with van der Waals surface area (Å²) in [6, 6.07) is 7.52. The second-order valence-electron chi connectivity index (χ2n) is 7.64. The number of aliphatic hydroxyl groups excluding tert-OH is 1. The normalized spacial score (nSPS) is 11.9. The quantitative estimate of drug-likeness (QED) is 0.662. The third-order valence-electron chi connectivity index (χ3n) is 4.98. The van der Waals surface area contributed by atoms with E-state index in [1.807, 2.05) is 26.0 Å². The molecule has 1 aromatic carbocycles. The maximum atomic E-state index is 12.1. The molecule has 3 N–H and O–H groups in total. The van der Waals surface area contributed by atoms with E-state index in [0.29, 0.717) is 18.7 Å². The molecule has 0 spiro atoms. The fraction of sp³-hybridized carbons (Fsp3) is 0.600. The molecule has 2 amide bonds. The number of hydrogen-bond donors (Lipinski definition) is 3. The Balaban J connectivity index is 2.64. The third kappa shape index (κ3) is 6.16. The number of amides is 2. The first-order valence-electron chi connectivity index (χ1n) is 8.98. The van der Waals surface area contributed by atoms with Crippen LogP contribution in [0.2, 0.25) is 0 Å². The highest BCUT2D eigenvalue weighted by atomic mass is 16.3. The highest BCUT2D eigenvalue weighted by Crippen LogP contribution is 2.29. The van der Waals surface area contributed by atoms with Gasteiger partial charge in [0, 0.05) is 18.8 Å². The van der Waals surface area contributed by atoms with Gasteiger partial charge < -0.3 is 15.7 Å². The number of anilines is 1. The van der Waals surface area contributed by atoms with E-state index in [1.165, 1.54) is 0 Å². The summed E-state index contributed by atoms with van der Waals surface area (Å²) >= 11 is 0. The lowest BCUT2D eigenvalue weighted by Crippen LogP contribution is -2.42. The fourth-order valence-electron chi connectivity index (χ4n) is 2.77. The van der Waals surface area contributed by atoms with E-state index >= 15 is 0 Å². The van der Waals surface area contributed by atoms with Crippen LogP contribution in [-0.4, -0.2) is 30.1 Å². The Morgan fingerprint density at radius 3 is 2.00 bits per heavy atom. The Bertz CT molecular complexity index is 570. The van der Waals surface area contributed by atoms with Crippen molar-refractivity contribution >= 4 is 17.5 Å². The van der Waals surface area contributed by atoms with Gasteiger partial charge in [-0.05, 0) is 47.8 Å². The smallest absolute Gasteiger partial charge is 0.313 e. The van der Waals surface area contributed by atoms with Gasteiger partial charge >= 0.3 is 11.8 Å². The van der Waals surface area contributed by atoms with Crippen LogP contribution in [0.25, 0.3) is 0 Å². The van der Waals surface area contributed by atoms with Crippen LogP contribution in [0, 0.1) is 5.41 Å². The molecule has 0 bridgehead atoms. The number of rotatable bonds is 7. The molecule has 0 aliphatic carbocycles. The third-order valence-corrected chi connectivity index (χ3v) is 4.98. The minimum atomic E-state index is -0.673. The summed E-state index contributed by atoms with van der Waals surface area (Å²) in [7, 11) is 0. The molecule has 0 radical (unpaired) electrons. The molecule has 140 valence electrons. The van der Waals surface area contributed by atoms with Gasteiger partial charge in [0.2, 0.25) is 0 Å². The zero-order chi connectivity index (χ0) is 19.1. The average molecular weight is 348 g/mol. The monoisotopic (exact) mass is 348 g/mol. The van der Waals surface area contributed by atoms with Crippen LogP contribution in [0.3, 0.4) is 0 Å². The Hall–Kier alpha value is -1.88. The predicted octanol–water partition coefficient (Wildman–Crippen LogP) is 3.23. The lowest BCUT2D eigenvalue weighted by Gasteiger charge is -2.31. The van der Waals surface area contributed by atoms with Crippen LogP contribution in [-0.2, 0) is 15.0 Å². The molecule has 0 saturated heterocycles. The molecule has 25 heavy (non-hydrogen) atoms. The van der Waals surface area contributed by atoms with Crippen molar-refractivity contribution in [3.05, 3.63) is 29.8 Å². The molecule has 1 aromatic rings. The molecule has 0 aromatic heterocycles. The first-order chi connectivity index (χ1) is 11.7. The summed E-state index contributed by atoms with van der Waals surface area (Å²) in [5.41, 5.74) is 1.63. The average Bonchev–Trinajstić information content (AvgIpc) is 2.58. The van der Waals surface area contributed by atoms with Gasteiger partial charge in [-0.3, -0.25) is 9.59 Å². The van der Waals surface area contributed by atoms with Crippen molar-refractivity contribution in [2.75, 3.05) is 18.5 Å². The molecule has 0 unspecified atom stereocenters. The predicted molar refractivity (Wildman–Crippen MR) is 101 cm³/mol. The lowest BCUT2D eigenvalue weighted by atomic mass is 9.79. The van der Waals surface area contributed by atoms with Gasteiger partial charge in [0.15, 0.2) is 0 Å². The number of nitrogens with one attached hydrogen (secondary N) is 2. The SMILES string of the molecule is CCC(CC)(CCO)CNC(=O)C(=O)Nc1ccc(C(C)(C)C)cc1. The summed E-state index contributed by atoms with van der Waals surface area (Å²) in [6.07, 6.45) is 2.27. The summed E-state index contributed by atoms with van der Waals surface area (Å²) in [5, 5.41) is 14.5. The minimum Gasteiger partial charge on any atom is -0.396 e. The molecule has 0 heterocycles. The largest absolute Gasteiger partial charge is 0.396 e. The Morgan fingerprint density at radius 1 is 1.00 bits per heavy atom. The fourth-order valence-corrected chi connectivity index (χ4v) is 2.77. The van der Waals surface area contributed by atoms with E-state index in [-0.39, 0.29) is 17.4 Å². The van der Waals surface area contributed by atoms with Crippen molar-refractivity contribution in [3.8, 4) is 0 Å². The molecule has 0 aliphatic heterocycles. The van der Waals surface area contributed by atoms with E-state index in [2.05, 4.69) is 31.4 Å². The summed E-state index contributed by atoms with van der Waals surface area (Å²) in [4.78, 5) is 24.1. The van der Waals surface area contributed by atoms with Crippen molar-refractivity contribution < 1.29 is 14.7 Å². The van der Waals surface area contributed by atoms with E-state index in [9.17, 15) is 14.7 Å². The van der Waals surface area contributed by atoms with Crippen LogP contribution in [0.1, 0.15) is 59.4 Å². The van der Waals surface area contributed by atoms with E-state index < -0.39 is 11.8 Å². The van der Waals surface area contributed by atoms with Crippen molar-refractivity contribution in [2.45, 2.75) is 59.3 Å². The zero-order valence-corrected chi connectivity index (χ0v) is 16.1. The number of carbonyl (C=O) groups excluding carboxylic acids is 2. The van der Waals surface area contributed by atoms with Crippen LogP contribution in [0.5, 0.6) is 0 Å². The Morgan fingerprint density at radius 2 is 1.56 bits per heavy atom. The second-order valence-corrected chi connectivity index (χ2v) is 7.64. The Labute approximate surface area is 151 Å². The minimum absolute atomic E-state index is 0.0380. The van der Waals surface area contributed by atoms with Crippen molar-refractivity contribution in [2.24, 2.45) is 5.41 Å². The number of benzene rings is 1. The second kappa shape index (κ2) is 8.99. The summed E-state index contributed by atoms with van der Waals surface area (Å²) < 4.78 is 0. The van der Waals surface area contributed by atoms with Gasteiger partial charge in [-0.1, -0.05) is 46.8 Å². The first kappa shape index (κ1) is 21.2. The van der Waals surface area contributed by atoms with E-state index in [1.54, 1.807) is 12.1 Å². The van der Waals surface area contributed by atoms with Gasteiger partial charge in [-0.15, -0.1) is 0 Å². The maximum absolute atomic E-state index is 12.1. The van der Waals surface area contributed by atoms with Crippen molar-refractivity contribution in [1.82, 2.24) is 5.32 Å². The number of hydrogen-bond acceptors (Lipinski definition) is 3. The van der Waals surface area contributed by atoms with Gasteiger partial charge in [0.05, 0.1) is 0 Å². The molecular weight excluding hydrogens is 316 g/mol. The van der Waals surface area contributed by atoms with Crippen LogP contribution in [0.4, 0.5) is 5.69 Å². The van der Waals surface area contributed by atoms with Gasteiger partial charge in [-0.25, -0.2) is 0 Å². The molecule has 0 saturated carbocycles. The Kier molecular flexibility index (Phi) is 7.61. The molecule has 1 rings (SSSR count). The van der Waals surface area contributed by atoms with E-state index in [4.69, 9.17) is 0 Å². The van der Waals surface area contributed by atoms with Crippen LogP contribution in [0.15, 0.2) is 24.3 Å². The van der Waals surface area contributed by atoms with Gasteiger partial charge in [0.25, 0.3) is 0 Å². The van der Waals surface area contributed by atoms with Crippen molar-refractivity contribution in [1.29, 1.82) is 0 Å². The summed E-state index contributed by atoms with van der Waals surface area (Å²) in [5.74, 6) is -1.32. The topological polar surface area (TPSA) is 78.4 Å². The highest BCUT2D eigenvalue weighted by Gasteiger charge is 2.27. The standard InChI is InChI=1S/C20H32N2O3/c1-6-20(7-2,12-13-23)14-21-17(24)18(25)22-16-10-8-15(9-11-16)19(3,4)5/h8-11,23H,6-7,12-14H2,1-5H3,(H,21,24)(H,22,25). The molecule has 5 heteroatoms. The lowest BCUT2D eigenvalue weighted by molar-refractivity contribution is -0.136. The van der Waals surface area contributed by atoms with Gasteiger partial charge in [-0.2, -0.15) is 0 Å². The number of aliphatic hydroxyl groups is 1. The summed E-state index contributed by atoms with van der Waals surface area (Å²) in [6.45, 7) is 10.9. The van der Waals surface area contributed by atoms with Crippen LogP contribution >= 0.6 is 0 Å². The maximum Gasteiger partial charge on any atom is 0.313 e. The highest BCUT2D eigenvalue weighted by molar-refractivity contribution is 6.39. The van der Waals surface area contributed by atoms with Gasteiger partial charge in [0.1, 0.15) is 0 Å². The van der Waals surface area contributed by atoms with Crippen LogP contribution < -0.4 is 10.6 Å². The first-order valence-corrected chi connectivity index (χ1v) is 8.98. The van der Waals surface area contributed by atoms with E-state index in [0.717, 1.165) is 18.4 Å². The molecular formula is C20H32N2O3. The molecule has 0 atom stereocenters. The van der Waals surface area contributed by atoms with Crippen molar-refractivity contribution in [3.63, 3.8) is 0 Å². The zero-order valence-electron chi connectivity index (χ0n) is 16.1. The molecule has 0 fully saturated rings. The molecule has 5 nitrogen and oxygen atoms in total. The molecule has 0 aliphatic rings. The number of carbonyl (C=O) groups is 2.